The van der Waals surface area contributed by atoms with Gasteiger partial charge in [0.2, 0.25) is 5.91 Å². The van der Waals surface area contributed by atoms with Crippen LogP contribution in [0.4, 0.5) is 8.78 Å². The monoisotopic (exact) mass is 390 g/mol. The number of hydrazone groups is 1. The molecule has 0 radical (unpaired) electrons. The smallest absolute Gasteiger partial charge is 0.241 e. The van der Waals surface area contributed by atoms with Gasteiger partial charge in [0, 0.05) is 18.1 Å². The molecular formula is C19H17F2N2OPS. The van der Waals surface area contributed by atoms with E-state index in [2.05, 4.69) is 18.1 Å². The van der Waals surface area contributed by atoms with Gasteiger partial charge in [-0.1, -0.05) is 51.5 Å². The van der Waals surface area contributed by atoms with Gasteiger partial charge < -0.3 is 0 Å². The molecule has 2 heterocycles. The molecule has 3 nitrogen and oxygen atoms in total. The minimum absolute atomic E-state index is 0.0979. The Kier molecular flexibility index (Phi) is 4.36. The Hall–Kier alpha value is -1.78. The molecule has 26 heavy (non-hydrogen) atoms. The number of carbonyl (C=O) groups is 1. The summed E-state index contributed by atoms with van der Waals surface area (Å²) in [6, 6.07) is 11.3. The predicted octanol–water partition coefficient (Wildman–Crippen LogP) is 4.17. The third-order valence-electron chi connectivity index (χ3n) is 4.74. The van der Waals surface area contributed by atoms with Gasteiger partial charge in [-0.05, 0) is 35.5 Å². The molecule has 0 saturated carbocycles. The third kappa shape index (κ3) is 2.50. The highest BCUT2D eigenvalue weighted by atomic mass is 32.2. The molecule has 2 aromatic carbocycles. The van der Waals surface area contributed by atoms with E-state index < -0.39 is 16.5 Å². The minimum Gasteiger partial charge on any atom is -0.273 e. The summed E-state index contributed by atoms with van der Waals surface area (Å²) in [5, 5.41) is 7.48. The Bertz CT molecular complexity index is 936. The highest BCUT2D eigenvalue weighted by Crippen LogP contribution is 2.59. The average molecular weight is 390 g/mol. The largest absolute Gasteiger partial charge is 0.273 e. The van der Waals surface area contributed by atoms with Crippen LogP contribution in [0.25, 0.3) is 0 Å². The second-order valence-corrected chi connectivity index (χ2v) is 9.05. The van der Waals surface area contributed by atoms with Crippen LogP contribution < -0.4 is 5.30 Å². The molecular weight excluding hydrogens is 373 g/mol. The topological polar surface area (TPSA) is 32.7 Å². The lowest BCUT2D eigenvalue weighted by atomic mass is 10.0. The molecule has 0 saturated heterocycles. The molecule has 0 N–H and O–H groups in total. The number of carbonyl (C=O) groups excluding carboxylic acids is 1. The summed E-state index contributed by atoms with van der Waals surface area (Å²) < 4.78 is 28.0. The first-order chi connectivity index (χ1) is 12.5. The number of hydrogen-bond acceptors (Lipinski definition) is 3. The number of thioether (sulfide) groups is 1. The van der Waals surface area contributed by atoms with Crippen molar-refractivity contribution in [1.82, 2.24) is 5.01 Å². The first-order valence-electron chi connectivity index (χ1n) is 8.37. The van der Waals surface area contributed by atoms with Crippen molar-refractivity contribution in [2.45, 2.75) is 30.8 Å². The molecule has 0 aliphatic carbocycles. The fraction of sp³-hybridized carbons (Fsp3) is 0.263. The van der Waals surface area contributed by atoms with Crippen LogP contribution in [0.3, 0.4) is 0 Å². The van der Waals surface area contributed by atoms with Crippen molar-refractivity contribution >= 4 is 36.6 Å². The van der Waals surface area contributed by atoms with Gasteiger partial charge in [0.1, 0.15) is 21.5 Å². The Labute approximate surface area is 156 Å². The van der Waals surface area contributed by atoms with Gasteiger partial charge in [-0.2, -0.15) is 5.10 Å². The van der Waals surface area contributed by atoms with Gasteiger partial charge in [-0.3, -0.25) is 4.79 Å². The number of hydrogen-bond donors (Lipinski definition) is 0. The van der Waals surface area contributed by atoms with E-state index in [4.69, 9.17) is 0 Å². The summed E-state index contributed by atoms with van der Waals surface area (Å²) >= 11 is 1.36. The maximum absolute atomic E-state index is 14.3. The quantitative estimate of drug-likeness (QED) is 0.721. The van der Waals surface area contributed by atoms with E-state index in [9.17, 15) is 13.6 Å². The second kappa shape index (κ2) is 6.43. The van der Waals surface area contributed by atoms with E-state index >= 15 is 0 Å². The summed E-state index contributed by atoms with van der Waals surface area (Å²) in [5.41, 5.74) is 1.31. The zero-order valence-electron chi connectivity index (χ0n) is 14.3. The van der Waals surface area contributed by atoms with Crippen molar-refractivity contribution in [3.8, 4) is 0 Å². The van der Waals surface area contributed by atoms with E-state index in [1.165, 1.54) is 29.0 Å². The molecule has 2 aliphatic heterocycles. The molecule has 0 bridgehead atoms. The summed E-state index contributed by atoms with van der Waals surface area (Å²) in [7, 11) is 0.541. The van der Waals surface area contributed by atoms with Crippen molar-refractivity contribution in [1.29, 1.82) is 0 Å². The maximum Gasteiger partial charge on any atom is 0.241 e. The van der Waals surface area contributed by atoms with Crippen LogP contribution in [-0.4, -0.2) is 21.6 Å². The first-order valence-corrected chi connectivity index (χ1v) is 10.3. The molecule has 134 valence electrons. The van der Waals surface area contributed by atoms with Crippen molar-refractivity contribution in [2.75, 3.05) is 0 Å². The van der Waals surface area contributed by atoms with Gasteiger partial charge in [0.15, 0.2) is 0 Å². The van der Waals surface area contributed by atoms with Gasteiger partial charge in [-0.25, -0.2) is 13.8 Å². The van der Waals surface area contributed by atoms with Crippen LogP contribution in [0.1, 0.15) is 31.4 Å². The molecule has 2 aromatic rings. The molecule has 3 unspecified atom stereocenters. The molecule has 1 amide bonds. The van der Waals surface area contributed by atoms with Crippen molar-refractivity contribution in [2.24, 2.45) is 5.10 Å². The van der Waals surface area contributed by atoms with Crippen molar-refractivity contribution in [3.05, 3.63) is 65.2 Å². The molecule has 4 rings (SSSR count). The fourth-order valence-corrected chi connectivity index (χ4v) is 7.27. The lowest BCUT2D eigenvalue weighted by Gasteiger charge is -2.36. The summed E-state index contributed by atoms with van der Waals surface area (Å²) in [4.78, 5) is 11.8. The normalized spacial score (nSPS) is 25.0. The zero-order valence-corrected chi connectivity index (χ0v) is 16.1. The van der Waals surface area contributed by atoms with Crippen LogP contribution in [0.2, 0.25) is 0 Å². The first kappa shape index (κ1) is 17.6. The number of rotatable bonds is 2. The zero-order chi connectivity index (χ0) is 18.5. The lowest BCUT2D eigenvalue weighted by molar-refractivity contribution is -0.132. The van der Waals surface area contributed by atoms with Crippen LogP contribution in [0, 0.1) is 11.6 Å². The van der Waals surface area contributed by atoms with E-state index in [1.807, 2.05) is 18.2 Å². The fourth-order valence-electron chi connectivity index (χ4n) is 3.61. The molecule has 2 aliphatic rings. The Morgan fingerprint density at radius 2 is 2.08 bits per heavy atom. The number of nitrogens with zero attached hydrogens (tertiary/aromatic N) is 2. The van der Waals surface area contributed by atoms with Crippen LogP contribution in [-0.2, 0) is 9.67 Å². The number of halogens is 2. The van der Waals surface area contributed by atoms with Crippen molar-refractivity contribution < 1.29 is 13.6 Å². The maximum atomic E-state index is 14.3. The van der Waals surface area contributed by atoms with Gasteiger partial charge >= 0.3 is 0 Å². The minimum atomic E-state index is -0.691. The van der Waals surface area contributed by atoms with Gasteiger partial charge in [0.25, 0.3) is 0 Å². The molecule has 1 spiro atoms. The Morgan fingerprint density at radius 3 is 2.81 bits per heavy atom. The van der Waals surface area contributed by atoms with E-state index in [0.29, 0.717) is 13.6 Å². The Morgan fingerprint density at radius 1 is 1.31 bits per heavy atom. The number of amides is 1. The molecule has 7 heteroatoms. The summed E-state index contributed by atoms with van der Waals surface area (Å²) in [6.45, 7) is 3.55. The molecule has 0 fully saturated rings. The van der Waals surface area contributed by atoms with Crippen molar-refractivity contribution in [3.63, 3.8) is 0 Å². The lowest BCUT2D eigenvalue weighted by Crippen LogP contribution is -2.45. The number of benzene rings is 2. The van der Waals surface area contributed by atoms with E-state index in [-0.39, 0.29) is 17.1 Å². The highest BCUT2D eigenvalue weighted by Gasteiger charge is 2.56. The third-order valence-corrected chi connectivity index (χ3v) is 8.35. The molecule has 0 aromatic heterocycles. The van der Waals surface area contributed by atoms with Crippen LogP contribution in [0.5, 0.6) is 0 Å². The molecule has 3 atom stereocenters. The van der Waals surface area contributed by atoms with Gasteiger partial charge in [0.05, 0.1) is 0 Å². The number of fused-ring (bicyclic) bond motifs is 2. The SMILES string of the molecule is CCC1Pc2ccccc2C12SC(c1cc(F)ccc1F)=NN2C(C)=O. The van der Waals surface area contributed by atoms with E-state index in [0.717, 1.165) is 30.2 Å². The average Bonchev–Trinajstić information content (AvgIpc) is 3.17. The summed E-state index contributed by atoms with van der Waals surface area (Å²) in [6.07, 6.45) is 0.859. The highest BCUT2D eigenvalue weighted by molar-refractivity contribution is 8.15. The van der Waals surface area contributed by atoms with Crippen LogP contribution in [0.15, 0.2) is 47.6 Å². The van der Waals surface area contributed by atoms with Gasteiger partial charge in [-0.15, -0.1) is 0 Å². The van der Waals surface area contributed by atoms with E-state index in [1.54, 1.807) is 0 Å². The summed E-state index contributed by atoms with van der Waals surface area (Å²) in [5.74, 6) is -1.27. The second-order valence-electron chi connectivity index (χ2n) is 6.31. The van der Waals surface area contributed by atoms with Crippen LogP contribution >= 0.6 is 20.3 Å². The predicted molar refractivity (Wildman–Crippen MR) is 103 cm³/mol. The Balaban J connectivity index is 1.88. The standard InChI is InChI=1S/C19H17F2N2OPS/c1-3-17-19(14-6-4-5-7-16(14)25-17)23(11(2)24)22-18(26-19)13-10-12(20)8-9-15(13)21/h4-10,17,25H,3H2,1-2H3.